The summed E-state index contributed by atoms with van der Waals surface area (Å²) in [6.45, 7) is 3.06. The molecule has 3 heteroatoms. The van der Waals surface area contributed by atoms with Crippen LogP contribution in [0.5, 0.6) is 0 Å². The summed E-state index contributed by atoms with van der Waals surface area (Å²) in [5.74, 6) is 0. The zero-order valence-electron chi connectivity index (χ0n) is 6.68. The number of piperidine rings is 1. The Hall–Kier alpha value is -0.120. The van der Waals surface area contributed by atoms with Crippen LogP contribution in [0.25, 0.3) is 0 Å². The van der Waals surface area contributed by atoms with Crippen molar-refractivity contribution in [1.29, 1.82) is 0 Å². The lowest BCUT2D eigenvalue weighted by Gasteiger charge is -2.36. The summed E-state index contributed by atoms with van der Waals surface area (Å²) in [5.41, 5.74) is 0.102. The van der Waals surface area contributed by atoms with Crippen LogP contribution in [-0.2, 0) is 4.74 Å². The molecule has 0 amide bonds. The van der Waals surface area contributed by atoms with Crippen molar-refractivity contribution in [3.63, 3.8) is 0 Å². The van der Waals surface area contributed by atoms with Gasteiger partial charge in [-0.2, -0.15) is 0 Å². The number of fused-ring (bicyclic) bond motifs is 1. The van der Waals surface area contributed by atoms with Gasteiger partial charge in [0.2, 0.25) is 0 Å². The van der Waals surface area contributed by atoms with Crippen molar-refractivity contribution in [3.05, 3.63) is 0 Å². The lowest BCUT2D eigenvalue weighted by molar-refractivity contribution is -0.00486. The van der Waals surface area contributed by atoms with E-state index in [1.165, 1.54) is 0 Å². The Morgan fingerprint density at radius 1 is 1.55 bits per heavy atom. The first-order chi connectivity index (χ1) is 5.37. The van der Waals surface area contributed by atoms with Crippen LogP contribution in [0.1, 0.15) is 12.8 Å². The first kappa shape index (κ1) is 7.53. The molecular formula is C8H15NO2. The van der Waals surface area contributed by atoms with Gasteiger partial charge in [-0.3, -0.25) is 0 Å². The van der Waals surface area contributed by atoms with Crippen LogP contribution in [0.2, 0.25) is 0 Å². The lowest BCUT2D eigenvalue weighted by atomic mass is 9.77. The maximum Gasteiger partial charge on any atom is 0.0778 e. The molecule has 0 aromatic rings. The molecule has 2 saturated heterocycles. The fraction of sp³-hybridized carbons (Fsp3) is 1.00. The van der Waals surface area contributed by atoms with E-state index in [1.807, 2.05) is 0 Å². The van der Waals surface area contributed by atoms with Crippen molar-refractivity contribution >= 4 is 0 Å². The molecule has 2 atom stereocenters. The molecule has 2 N–H and O–H groups in total. The molecular weight excluding hydrogens is 142 g/mol. The highest BCUT2D eigenvalue weighted by atomic mass is 16.5. The average molecular weight is 157 g/mol. The minimum absolute atomic E-state index is 0.102. The van der Waals surface area contributed by atoms with E-state index in [2.05, 4.69) is 5.32 Å². The summed E-state index contributed by atoms with van der Waals surface area (Å²) >= 11 is 0. The number of rotatable bonds is 1. The minimum Gasteiger partial charge on any atom is -0.396 e. The Labute approximate surface area is 66.7 Å². The smallest absolute Gasteiger partial charge is 0.0778 e. The Morgan fingerprint density at radius 2 is 2.45 bits per heavy atom. The highest BCUT2D eigenvalue weighted by Crippen LogP contribution is 2.39. The Morgan fingerprint density at radius 3 is 3.18 bits per heavy atom. The summed E-state index contributed by atoms with van der Waals surface area (Å²) in [5, 5.41) is 12.5. The molecule has 2 unspecified atom stereocenters. The normalized spacial score (nSPS) is 43.9. The van der Waals surface area contributed by atoms with Crippen LogP contribution < -0.4 is 5.32 Å². The topological polar surface area (TPSA) is 41.5 Å². The minimum atomic E-state index is 0.102. The molecule has 0 saturated carbocycles. The van der Waals surface area contributed by atoms with E-state index in [0.717, 1.165) is 32.5 Å². The van der Waals surface area contributed by atoms with Crippen molar-refractivity contribution in [2.24, 2.45) is 5.41 Å². The number of hydrogen-bond donors (Lipinski definition) is 2. The van der Waals surface area contributed by atoms with Crippen molar-refractivity contribution in [2.45, 2.75) is 18.9 Å². The van der Waals surface area contributed by atoms with E-state index in [4.69, 9.17) is 4.74 Å². The van der Waals surface area contributed by atoms with Crippen molar-refractivity contribution in [1.82, 2.24) is 5.32 Å². The molecule has 2 aliphatic rings. The predicted octanol–water partition coefficient (Wildman–Crippen LogP) is -0.253. The molecule has 2 aliphatic heterocycles. The van der Waals surface area contributed by atoms with E-state index < -0.39 is 0 Å². The van der Waals surface area contributed by atoms with E-state index in [-0.39, 0.29) is 11.5 Å². The third-order valence-corrected chi connectivity index (χ3v) is 3.05. The largest absolute Gasteiger partial charge is 0.396 e. The number of aliphatic hydroxyl groups excluding tert-OH is 1. The Bertz CT molecular complexity index is 151. The zero-order chi connectivity index (χ0) is 7.73. The van der Waals surface area contributed by atoms with Gasteiger partial charge < -0.3 is 15.2 Å². The van der Waals surface area contributed by atoms with Gasteiger partial charge in [0.1, 0.15) is 0 Å². The molecule has 64 valence electrons. The van der Waals surface area contributed by atoms with Crippen LogP contribution in [-0.4, -0.2) is 37.5 Å². The van der Waals surface area contributed by atoms with Crippen molar-refractivity contribution in [2.75, 3.05) is 26.3 Å². The second kappa shape index (κ2) is 2.73. The van der Waals surface area contributed by atoms with Crippen LogP contribution in [0.15, 0.2) is 0 Å². The molecule has 2 rings (SSSR count). The first-order valence-corrected chi connectivity index (χ1v) is 4.31. The molecule has 2 fully saturated rings. The van der Waals surface area contributed by atoms with Crippen molar-refractivity contribution < 1.29 is 9.84 Å². The summed E-state index contributed by atoms with van der Waals surface area (Å²) < 4.78 is 5.53. The molecule has 0 spiro atoms. The number of ether oxygens (including phenoxy) is 1. The van der Waals surface area contributed by atoms with Crippen LogP contribution in [0, 0.1) is 5.41 Å². The zero-order valence-corrected chi connectivity index (χ0v) is 6.68. The van der Waals surface area contributed by atoms with Gasteiger partial charge in [-0.25, -0.2) is 0 Å². The van der Waals surface area contributed by atoms with Crippen LogP contribution in [0.4, 0.5) is 0 Å². The second-order valence-electron chi connectivity index (χ2n) is 3.58. The Kier molecular flexibility index (Phi) is 1.87. The maximum absolute atomic E-state index is 9.24. The Balaban J connectivity index is 2.12. The van der Waals surface area contributed by atoms with E-state index in [1.54, 1.807) is 0 Å². The second-order valence-corrected chi connectivity index (χ2v) is 3.58. The molecule has 11 heavy (non-hydrogen) atoms. The summed E-state index contributed by atoms with van der Waals surface area (Å²) in [6, 6.07) is 0. The van der Waals surface area contributed by atoms with Gasteiger partial charge in [-0.15, -0.1) is 0 Å². The summed E-state index contributed by atoms with van der Waals surface area (Å²) in [6.07, 6.45) is 2.37. The van der Waals surface area contributed by atoms with Gasteiger partial charge in [0.25, 0.3) is 0 Å². The molecule has 0 bridgehead atoms. The van der Waals surface area contributed by atoms with Gasteiger partial charge in [0, 0.05) is 18.6 Å². The van der Waals surface area contributed by atoms with Gasteiger partial charge in [0.05, 0.1) is 12.7 Å². The van der Waals surface area contributed by atoms with E-state index in [9.17, 15) is 5.11 Å². The molecule has 0 radical (unpaired) electrons. The van der Waals surface area contributed by atoms with Gasteiger partial charge >= 0.3 is 0 Å². The van der Waals surface area contributed by atoms with E-state index in [0.29, 0.717) is 6.61 Å². The average Bonchev–Trinajstić information content (AvgIpc) is 2.48. The molecule has 2 heterocycles. The summed E-state index contributed by atoms with van der Waals surface area (Å²) in [4.78, 5) is 0. The standard InChI is InChI=1S/C8H15NO2/c10-6-8-1-3-9-5-7(8)11-4-2-8/h7,9-10H,1-6H2. The molecule has 3 nitrogen and oxygen atoms in total. The quantitative estimate of drug-likeness (QED) is 0.551. The van der Waals surface area contributed by atoms with Gasteiger partial charge in [-0.05, 0) is 19.4 Å². The highest BCUT2D eigenvalue weighted by Gasteiger charge is 2.44. The maximum atomic E-state index is 9.24. The monoisotopic (exact) mass is 157 g/mol. The number of aliphatic hydroxyl groups is 1. The summed E-state index contributed by atoms with van der Waals surface area (Å²) in [7, 11) is 0. The SMILES string of the molecule is OCC12CCNCC1OCC2. The lowest BCUT2D eigenvalue weighted by Crippen LogP contribution is -2.48. The van der Waals surface area contributed by atoms with Crippen LogP contribution in [0.3, 0.4) is 0 Å². The third kappa shape index (κ3) is 1.08. The first-order valence-electron chi connectivity index (χ1n) is 4.31. The van der Waals surface area contributed by atoms with Crippen molar-refractivity contribution in [3.8, 4) is 0 Å². The van der Waals surface area contributed by atoms with Gasteiger partial charge in [0.15, 0.2) is 0 Å². The molecule has 0 aromatic heterocycles. The number of hydrogen-bond acceptors (Lipinski definition) is 3. The number of nitrogens with one attached hydrogen (secondary N) is 1. The van der Waals surface area contributed by atoms with Crippen LogP contribution >= 0.6 is 0 Å². The van der Waals surface area contributed by atoms with Gasteiger partial charge in [-0.1, -0.05) is 0 Å². The predicted molar refractivity (Wildman–Crippen MR) is 41.4 cm³/mol. The highest BCUT2D eigenvalue weighted by molar-refractivity contribution is 4.95. The molecule has 0 aliphatic carbocycles. The fourth-order valence-corrected chi connectivity index (χ4v) is 2.13. The molecule has 0 aromatic carbocycles. The fourth-order valence-electron chi connectivity index (χ4n) is 2.13. The third-order valence-electron chi connectivity index (χ3n) is 3.05. The van der Waals surface area contributed by atoms with E-state index >= 15 is 0 Å².